The van der Waals surface area contributed by atoms with Crippen molar-refractivity contribution in [3.8, 4) is 0 Å². The first-order chi connectivity index (χ1) is 14.1. The number of rotatable bonds is 6. The van der Waals surface area contributed by atoms with Crippen LogP contribution >= 0.6 is 0 Å². The molecule has 1 saturated heterocycles. The predicted molar refractivity (Wildman–Crippen MR) is 117 cm³/mol. The Morgan fingerprint density at radius 1 is 1.17 bits per heavy atom. The fourth-order valence-electron chi connectivity index (χ4n) is 3.84. The van der Waals surface area contributed by atoms with E-state index >= 15 is 0 Å². The molecule has 0 bridgehead atoms. The zero-order valence-corrected chi connectivity index (χ0v) is 16.7. The summed E-state index contributed by atoms with van der Waals surface area (Å²) in [6, 6.07) is 13.5. The molecule has 1 aliphatic heterocycles. The maximum atomic E-state index is 12.4. The number of carbonyl (C=O) groups excluding carboxylic acids is 1. The summed E-state index contributed by atoms with van der Waals surface area (Å²) in [5.74, 6) is 0.595. The fraction of sp³-hybridized carbons (Fsp3) is 0.348. The molecule has 6 nitrogen and oxygen atoms in total. The number of hydrogen-bond acceptors (Lipinski definition) is 4. The van der Waals surface area contributed by atoms with E-state index in [4.69, 9.17) is 0 Å². The Bertz CT molecular complexity index is 1080. The van der Waals surface area contributed by atoms with Gasteiger partial charge in [-0.15, -0.1) is 0 Å². The lowest BCUT2D eigenvalue weighted by molar-refractivity contribution is -0.116. The van der Waals surface area contributed by atoms with E-state index in [1.165, 1.54) is 18.5 Å². The summed E-state index contributed by atoms with van der Waals surface area (Å²) in [6.07, 6.45) is 4.05. The highest BCUT2D eigenvalue weighted by molar-refractivity contribution is 5.91. The highest BCUT2D eigenvalue weighted by Gasteiger charge is 2.14. The third-order valence-corrected chi connectivity index (χ3v) is 5.43. The van der Waals surface area contributed by atoms with Gasteiger partial charge < -0.3 is 15.2 Å². The molecule has 0 unspecified atom stereocenters. The minimum Gasteiger partial charge on any atom is -0.372 e. The number of aromatic amines is 1. The highest BCUT2D eigenvalue weighted by atomic mass is 16.1. The Kier molecular flexibility index (Phi) is 5.60. The molecular formula is C23H26N4O2. The average Bonchev–Trinajstić information content (AvgIpc) is 3.24. The Balaban J connectivity index is 1.33. The largest absolute Gasteiger partial charge is 0.372 e. The molecule has 150 valence electrons. The van der Waals surface area contributed by atoms with Crippen molar-refractivity contribution in [2.45, 2.75) is 39.0 Å². The third kappa shape index (κ3) is 4.47. The molecule has 4 rings (SSSR count). The van der Waals surface area contributed by atoms with Gasteiger partial charge in [0.2, 0.25) is 5.91 Å². The van der Waals surface area contributed by atoms with Gasteiger partial charge in [0, 0.05) is 37.3 Å². The van der Waals surface area contributed by atoms with Crippen LogP contribution < -0.4 is 15.8 Å². The van der Waals surface area contributed by atoms with Gasteiger partial charge in [-0.3, -0.25) is 9.59 Å². The van der Waals surface area contributed by atoms with Crippen molar-refractivity contribution >= 4 is 28.2 Å². The first-order valence-electron chi connectivity index (χ1n) is 10.2. The SMILES string of the molecule is Cc1cc(N2CCCC2)ccc1NC(=O)CCCc1nc2ccccc2c(=O)[nH]1. The standard InChI is InChI=1S/C23H26N4O2/c1-16-15-17(27-13-4-5-14-27)11-12-19(16)25-22(28)10-6-9-21-24-20-8-3-2-7-18(20)23(29)26-21/h2-3,7-8,11-12,15H,4-6,9-10,13-14H2,1H3,(H,25,28)(H,24,26,29). The van der Waals surface area contributed by atoms with Crippen LogP contribution in [-0.4, -0.2) is 29.0 Å². The van der Waals surface area contributed by atoms with Crippen molar-refractivity contribution in [3.63, 3.8) is 0 Å². The molecule has 6 heteroatoms. The first kappa shape index (κ1) is 19.2. The van der Waals surface area contributed by atoms with Crippen LogP contribution in [0.2, 0.25) is 0 Å². The lowest BCUT2D eigenvalue weighted by Crippen LogP contribution is -2.18. The third-order valence-electron chi connectivity index (χ3n) is 5.43. The molecule has 2 heterocycles. The number of fused-ring (bicyclic) bond motifs is 1. The number of aromatic nitrogens is 2. The molecule has 3 aromatic rings. The lowest BCUT2D eigenvalue weighted by Gasteiger charge is -2.19. The van der Waals surface area contributed by atoms with E-state index in [-0.39, 0.29) is 11.5 Å². The smallest absolute Gasteiger partial charge is 0.258 e. The van der Waals surface area contributed by atoms with Crippen LogP contribution in [0.1, 0.15) is 37.1 Å². The Labute approximate surface area is 170 Å². The van der Waals surface area contributed by atoms with E-state index in [1.807, 2.05) is 31.2 Å². The van der Waals surface area contributed by atoms with E-state index < -0.39 is 0 Å². The van der Waals surface area contributed by atoms with Crippen molar-refractivity contribution in [2.24, 2.45) is 0 Å². The van der Waals surface area contributed by atoms with Crippen molar-refractivity contribution in [2.75, 3.05) is 23.3 Å². The zero-order chi connectivity index (χ0) is 20.2. The van der Waals surface area contributed by atoms with E-state index in [9.17, 15) is 9.59 Å². The van der Waals surface area contributed by atoms with E-state index in [2.05, 4.69) is 32.3 Å². The van der Waals surface area contributed by atoms with Gasteiger partial charge in [-0.25, -0.2) is 4.98 Å². The summed E-state index contributed by atoms with van der Waals surface area (Å²) < 4.78 is 0. The zero-order valence-electron chi connectivity index (χ0n) is 16.7. The summed E-state index contributed by atoms with van der Waals surface area (Å²) in [4.78, 5) is 34.2. The second-order valence-corrected chi connectivity index (χ2v) is 7.62. The van der Waals surface area contributed by atoms with Crippen LogP contribution in [0.5, 0.6) is 0 Å². The number of H-pyrrole nitrogens is 1. The maximum Gasteiger partial charge on any atom is 0.258 e. The van der Waals surface area contributed by atoms with Crippen molar-refractivity contribution in [3.05, 3.63) is 64.2 Å². The topological polar surface area (TPSA) is 78.1 Å². The fourth-order valence-corrected chi connectivity index (χ4v) is 3.84. The second kappa shape index (κ2) is 8.47. The second-order valence-electron chi connectivity index (χ2n) is 7.62. The number of benzene rings is 2. The molecule has 1 aliphatic rings. The number of hydrogen-bond donors (Lipinski definition) is 2. The number of nitrogens with zero attached hydrogens (tertiary/aromatic N) is 2. The molecule has 1 fully saturated rings. The number of carbonyl (C=O) groups is 1. The molecule has 29 heavy (non-hydrogen) atoms. The van der Waals surface area contributed by atoms with Gasteiger partial charge in [-0.05, 0) is 62.1 Å². The summed E-state index contributed by atoms with van der Waals surface area (Å²) in [5.41, 5.74) is 3.70. The van der Waals surface area contributed by atoms with Gasteiger partial charge in [0.05, 0.1) is 10.9 Å². The molecule has 2 N–H and O–H groups in total. The minimum atomic E-state index is -0.135. The summed E-state index contributed by atoms with van der Waals surface area (Å²) in [7, 11) is 0. The number of para-hydroxylation sites is 1. The quantitative estimate of drug-likeness (QED) is 0.671. The van der Waals surface area contributed by atoms with Gasteiger partial charge in [-0.2, -0.15) is 0 Å². The maximum absolute atomic E-state index is 12.4. The Morgan fingerprint density at radius 3 is 2.76 bits per heavy atom. The average molecular weight is 390 g/mol. The molecule has 0 atom stereocenters. The normalized spacial score (nSPS) is 13.8. The number of amides is 1. The summed E-state index contributed by atoms with van der Waals surface area (Å²) >= 11 is 0. The van der Waals surface area contributed by atoms with E-state index in [1.54, 1.807) is 6.07 Å². The van der Waals surface area contributed by atoms with E-state index in [0.717, 1.165) is 24.3 Å². The number of aryl methyl sites for hydroxylation is 2. The highest BCUT2D eigenvalue weighted by Crippen LogP contribution is 2.25. The van der Waals surface area contributed by atoms with Crippen molar-refractivity contribution < 1.29 is 4.79 Å². The molecule has 0 saturated carbocycles. The molecule has 1 amide bonds. The van der Waals surface area contributed by atoms with E-state index in [0.29, 0.717) is 36.0 Å². The molecule has 2 aromatic carbocycles. The van der Waals surface area contributed by atoms with Gasteiger partial charge >= 0.3 is 0 Å². The van der Waals surface area contributed by atoms with Gasteiger partial charge in [0.1, 0.15) is 5.82 Å². The molecular weight excluding hydrogens is 364 g/mol. The number of nitrogens with one attached hydrogen (secondary N) is 2. The molecule has 1 aromatic heterocycles. The van der Waals surface area contributed by atoms with Gasteiger partial charge in [0.25, 0.3) is 5.56 Å². The first-order valence-corrected chi connectivity index (χ1v) is 10.2. The molecule has 0 radical (unpaired) electrons. The van der Waals surface area contributed by atoms with Crippen LogP contribution in [0.4, 0.5) is 11.4 Å². The Morgan fingerprint density at radius 2 is 1.97 bits per heavy atom. The van der Waals surface area contributed by atoms with Crippen LogP contribution in [0.25, 0.3) is 10.9 Å². The van der Waals surface area contributed by atoms with Crippen molar-refractivity contribution in [1.82, 2.24) is 9.97 Å². The predicted octanol–water partition coefficient (Wildman–Crippen LogP) is 3.79. The van der Waals surface area contributed by atoms with Crippen LogP contribution in [0.3, 0.4) is 0 Å². The minimum absolute atomic E-state index is 0.0230. The summed E-state index contributed by atoms with van der Waals surface area (Å²) in [5, 5.41) is 3.59. The van der Waals surface area contributed by atoms with Crippen LogP contribution in [0.15, 0.2) is 47.3 Å². The summed E-state index contributed by atoms with van der Waals surface area (Å²) in [6.45, 7) is 4.24. The molecule has 0 aliphatic carbocycles. The van der Waals surface area contributed by atoms with Crippen LogP contribution in [-0.2, 0) is 11.2 Å². The van der Waals surface area contributed by atoms with Gasteiger partial charge in [-0.1, -0.05) is 12.1 Å². The lowest BCUT2D eigenvalue weighted by atomic mass is 10.1. The van der Waals surface area contributed by atoms with Gasteiger partial charge in [0.15, 0.2) is 0 Å². The van der Waals surface area contributed by atoms with Crippen LogP contribution in [0, 0.1) is 6.92 Å². The van der Waals surface area contributed by atoms with Crippen molar-refractivity contribution in [1.29, 1.82) is 0 Å². The Hall–Kier alpha value is -3.15. The number of anilines is 2. The molecule has 0 spiro atoms. The monoisotopic (exact) mass is 390 g/mol.